The topological polar surface area (TPSA) is 85.2 Å². The number of rotatable bonds is 7. The van der Waals surface area contributed by atoms with Gasteiger partial charge in [0.15, 0.2) is 0 Å². The van der Waals surface area contributed by atoms with Crippen LogP contribution in [-0.4, -0.2) is 39.5 Å². The quantitative estimate of drug-likeness (QED) is 0.687. The highest BCUT2D eigenvalue weighted by Gasteiger charge is 2.29. The van der Waals surface area contributed by atoms with Gasteiger partial charge in [-0.05, 0) is 46.6 Å². The Morgan fingerprint density at radius 2 is 1.85 bits per heavy atom. The number of nitrogens with one attached hydrogen (secondary N) is 2. The second-order valence-electron chi connectivity index (χ2n) is 7.58. The molecule has 0 saturated carbocycles. The molecule has 0 atom stereocenters. The van der Waals surface area contributed by atoms with Gasteiger partial charge in [-0.2, -0.15) is 5.10 Å². The second-order valence-corrected chi connectivity index (χ2v) is 7.94. The smallest absolute Gasteiger partial charge is 0.407 e. The van der Waals surface area contributed by atoms with Gasteiger partial charge >= 0.3 is 6.09 Å². The third-order valence-corrected chi connectivity index (χ3v) is 4.76. The van der Waals surface area contributed by atoms with Crippen molar-refractivity contribution in [1.29, 1.82) is 0 Å². The van der Waals surface area contributed by atoms with Crippen molar-refractivity contribution in [2.24, 2.45) is 7.05 Å². The van der Waals surface area contributed by atoms with E-state index < -0.39 is 17.2 Å². The lowest BCUT2D eigenvalue weighted by atomic mass is 9.92. The van der Waals surface area contributed by atoms with Gasteiger partial charge in [-0.1, -0.05) is 25.4 Å². The maximum Gasteiger partial charge on any atom is 0.407 e. The maximum atomic E-state index is 12.4. The molecule has 0 aliphatic heterocycles. The van der Waals surface area contributed by atoms with E-state index in [9.17, 15) is 9.59 Å². The van der Waals surface area contributed by atoms with Crippen molar-refractivity contribution in [3.8, 4) is 0 Å². The lowest BCUT2D eigenvalue weighted by Gasteiger charge is -2.33. The van der Waals surface area contributed by atoms with Gasteiger partial charge in [0.2, 0.25) is 5.91 Å². The molecule has 1 aromatic heterocycles. The van der Waals surface area contributed by atoms with Gasteiger partial charge in [0.25, 0.3) is 0 Å². The molecular formula is C19H31ClN4O3. The summed E-state index contributed by atoms with van der Waals surface area (Å²) >= 11 is 6.18. The molecule has 0 fully saturated rings. The first-order chi connectivity index (χ1) is 12.4. The van der Waals surface area contributed by atoms with E-state index in [4.69, 9.17) is 16.3 Å². The van der Waals surface area contributed by atoms with Gasteiger partial charge < -0.3 is 15.4 Å². The molecule has 0 saturated heterocycles. The van der Waals surface area contributed by atoms with Crippen LogP contribution in [0.4, 0.5) is 4.79 Å². The summed E-state index contributed by atoms with van der Waals surface area (Å²) < 4.78 is 6.82. The van der Waals surface area contributed by atoms with E-state index in [0.717, 1.165) is 5.69 Å². The molecule has 7 nitrogen and oxygen atoms in total. The van der Waals surface area contributed by atoms with E-state index in [2.05, 4.69) is 15.7 Å². The molecule has 0 spiro atoms. The van der Waals surface area contributed by atoms with Gasteiger partial charge in [-0.25, -0.2) is 4.79 Å². The van der Waals surface area contributed by atoms with Crippen LogP contribution in [0.25, 0.3) is 6.08 Å². The Hall–Kier alpha value is -2.02. The number of carbonyl (C=O) groups excluding carboxylic acids is 2. The summed E-state index contributed by atoms with van der Waals surface area (Å²) in [6.45, 7) is 11.4. The minimum absolute atomic E-state index is 0.260. The molecule has 8 heteroatoms. The Bertz CT molecular complexity index is 701. The number of halogens is 1. The van der Waals surface area contributed by atoms with Gasteiger partial charge in [-0.15, -0.1) is 0 Å². The van der Waals surface area contributed by atoms with Gasteiger partial charge in [0, 0.05) is 25.2 Å². The lowest BCUT2D eigenvalue weighted by molar-refractivity contribution is -0.118. The van der Waals surface area contributed by atoms with E-state index in [0.29, 0.717) is 23.6 Å². The molecule has 0 aliphatic carbocycles. The third kappa shape index (κ3) is 6.90. The van der Waals surface area contributed by atoms with Gasteiger partial charge in [0.1, 0.15) is 10.8 Å². The first-order valence-electron chi connectivity index (χ1n) is 9.09. The highest BCUT2D eigenvalue weighted by molar-refractivity contribution is 6.31. The van der Waals surface area contributed by atoms with Crippen LogP contribution in [-0.2, 0) is 16.6 Å². The summed E-state index contributed by atoms with van der Waals surface area (Å²) in [4.78, 5) is 24.4. The van der Waals surface area contributed by atoms with E-state index in [1.807, 2.05) is 20.8 Å². The minimum Gasteiger partial charge on any atom is -0.444 e. The molecular weight excluding hydrogens is 368 g/mol. The fourth-order valence-electron chi connectivity index (χ4n) is 2.57. The number of carbonyl (C=O) groups is 2. The van der Waals surface area contributed by atoms with Crippen LogP contribution in [0.15, 0.2) is 6.08 Å². The van der Waals surface area contributed by atoms with Crippen LogP contribution in [0, 0.1) is 6.92 Å². The summed E-state index contributed by atoms with van der Waals surface area (Å²) in [5, 5.41) is 10.4. The van der Waals surface area contributed by atoms with Crippen molar-refractivity contribution in [3.63, 3.8) is 0 Å². The molecule has 0 aliphatic rings. The molecule has 0 aromatic carbocycles. The molecule has 1 heterocycles. The SMILES string of the molecule is CCC(CC)(CNC(=O)OC(C)(C)C)NC(=O)/C=C/c1c(C)nn(C)c1Cl. The maximum absolute atomic E-state index is 12.4. The highest BCUT2D eigenvalue weighted by Crippen LogP contribution is 2.20. The zero-order chi connectivity index (χ0) is 20.8. The number of hydrogen-bond donors (Lipinski definition) is 2. The summed E-state index contributed by atoms with van der Waals surface area (Å²) in [5.41, 5.74) is 0.319. The normalized spacial score (nSPS) is 12.3. The number of aryl methyl sites for hydroxylation is 2. The molecule has 1 aromatic rings. The molecule has 152 valence electrons. The van der Waals surface area contributed by atoms with Crippen molar-refractivity contribution in [2.45, 2.75) is 65.5 Å². The standard InChI is InChI=1S/C19H31ClN4O3/c1-8-19(9-2,12-21-17(26)27-18(4,5)6)22-15(25)11-10-14-13(3)23-24(7)16(14)20/h10-11H,8-9,12H2,1-7H3,(H,21,26)(H,22,25)/b11-10+. The molecule has 0 bridgehead atoms. The van der Waals surface area contributed by atoms with Crippen LogP contribution < -0.4 is 10.6 Å². The van der Waals surface area contributed by atoms with E-state index in [1.165, 1.54) is 6.08 Å². The Labute approximate surface area is 166 Å². The zero-order valence-electron chi connectivity index (χ0n) is 17.3. The predicted molar refractivity (Wildman–Crippen MR) is 108 cm³/mol. The molecule has 2 N–H and O–H groups in total. The Morgan fingerprint density at radius 1 is 1.26 bits per heavy atom. The largest absolute Gasteiger partial charge is 0.444 e. The molecule has 27 heavy (non-hydrogen) atoms. The van der Waals surface area contributed by atoms with Crippen molar-refractivity contribution >= 4 is 29.7 Å². The highest BCUT2D eigenvalue weighted by atomic mass is 35.5. The molecule has 0 unspecified atom stereocenters. The monoisotopic (exact) mass is 398 g/mol. The number of amides is 2. The van der Waals surface area contributed by atoms with Crippen LogP contribution in [0.5, 0.6) is 0 Å². The van der Waals surface area contributed by atoms with E-state index in [1.54, 1.807) is 38.6 Å². The lowest BCUT2D eigenvalue weighted by Crippen LogP contribution is -2.55. The molecule has 2 amide bonds. The Kier molecular flexibility index (Phi) is 7.90. The zero-order valence-corrected chi connectivity index (χ0v) is 18.0. The minimum atomic E-state index is -0.571. The fourth-order valence-corrected chi connectivity index (χ4v) is 2.81. The number of nitrogens with zero attached hydrogens (tertiary/aromatic N) is 2. The summed E-state index contributed by atoms with van der Waals surface area (Å²) in [7, 11) is 1.74. The third-order valence-electron chi connectivity index (χ3n) is 4.31. The first-order valence-corrected chi connectivity index (χ1v) is 9.47. The number of hydrogen-bond acceptors (Lipinski definition) is 4. The first kappa shape index (κ1) is 23.0. The summed E-state index contributed by atoms with van der Waals surface area (Å²) in [5.74, 6) is -0.260. The summed E-state index contributed by atoms with van der Waals surface area (Å²) in [6.07, 6.45) is 3.90. The van der Waals surface area contributed by atoms with Crippen molar-refractivity contribution in [3.05, 3.63) is 22.5 Å². The van der Waals surface area contributed by atoms with Gasteiger partial charge in [-0.3, -0.25) is 9.48 Å². The van der Waals surface area contributed by atoms with E-state index >= 15 is 0 Å². The Morgan fingerprint density at radius 3 is 2.30 bits per heavy atom. The average Bonchev–Trinajstić information content (AvgIpc) is 2.80. The number of ether oxygens (including phenoxy) is 1. The molecule has 1 rings (SSSR count). The average molecular weight is 399 g/mol. The van der Waals surface area contributed by atoms with Crippen LogP contribution in [0.1, 0.15) is 58.7 Å². The summed E-state index contributed by atoms with van der Waals surface area (Å²) in [6, 6.07) is 0. The fraction of sp³-hybridized carbons (Fsp3) is 0.632. The van der Waals surface area contributed by atoms with Crippen molar-refractivity contribution in [1.82, 2.24) is 20.4 Å². The Balaban J connectivity index is 2.78. The predicted octanol–water partition coefficient (Wildman–Crippen LogP) is 3.59. The van der Waals surface area contributed by atoms with Gasteiger partial charge in [0.05, 0.1) is 11.2 Å². The van der Waals surface area contributed by atoms with Crippen molar-refractivity contribution in [2.75, 3.05) is 6.54 Å². The van der Waals surface area contributed by atoms with E-state index in [-0.39, 0.29) is 12.5 Å². The number of alkyl carbamates (subject to hydrolysis) is 1. The molecule has 0 radical (unpaired) electrons. The van der Waals surface area contributed by atoms with Crippen LogP contribution >= 0.6 is 11.6 Å². The van der Waals surface area contributed by atoms with Crippen LogP contribution in [0.3, 0.4) is 0 Å². The van der Waals surface area contributed by atoms with Crippen LogP contribution in [0.2, 0.25) is 5.15 Å². The van der Waals surface area contributed by atoms with Crippen molar-refractivity contribution < 1.29 is 14.3 Å². The number of aromatic nitrogens is 2. The second kappa shape index (κ2) is 9.26.